The summed E-state index contributed by atoms with van der Waals surface area (Å²) in [5, 5.41) is 0. The largest absolute Gasteiger partial charge is 0.311 e. The van der Waals surface area contributed by atoms with Crippen LogP contribution in [0.3, 0.4) is 0 Å². The van der Waals surface area contributed by atoms with Crippen molar-refractivity contribution in [2.75, 3.05) is 19.6 Å². The molecule has 0 N–H and O–H groups in total. The standard InChI is InChI=1S/C7H12N.Y/c1-4-8-5-2-7(1)3-6-8;/h1-6H2;/q-1;. The minimum atomic E-state index is 0. The SMILES string of the molecule is C1CN2CC[C-]1CC2.[Y]. The van der Waals surface area contributed by atoms with E-state index in [1.807, 2.05) is 5.92 Å². The second kappa shape index (κ2) is 3.45. The molecule has 9 heavy (non-hydrogen) atoms. The molecule has 3 fully saturated rings. The van der Waals surface area contributed by atoms with Gasteiger partial charge in [0.1, 0.15) is 0 Å². The van der Waals surface area contributed by atoms with Crippen molar-refractivity contribution in [3.8, 4) is 0 Å². The molecule has 0 unspecified atom stereocenters. The summed E-state index contributed by atoms with van der Waals surface area (Å²) < 4.78 is 0. The van der Waals surface area contributed by atoms with Gasteiger partial charge < -0.3 is 10.8 Å². The molecule has 49 valence electrons. The summed E-state index contributed by atoms with van der Waals surface area (Å²) in [5.41, 5.74) is 0. The normalized spacial score (nSPS) is 28.0. The first kappa shape index (κ1) is 8.16. The van der Waals surface area contributed by atoms with Crippen LogP contribution in [0.4, 0.5) is 0 Å². The van der Waals surface area contributed by atoms with Crippen LogP contribution in [0.25, 0.3) is 0 Å². The zero-order chi connectivity index (χ0) is 5.40. The summed E-state index contributed by atoms with van der Waals surface area (Å²) in [6.07, 6.45) is 4.21. The van der Waals surface area contributed by atoms with Crippen molar-refractivity contribution >= 4 is 0 Å². The predicted octanol–water partition coefficient (Wildman–Crippen LogP) is 1.06. The summed E-state index contributed by atoms with van der Waals surface area (Å²) in [6, 6.07) is 0. The Hall–Kier alpha value is 1.06. The fraction of sp³-hybridized carbons (Fsp3) is 0.857. The molecule has 0 aromatic carbocycles. The van der Waals surface area contributed by atoms with Gasteiger partial charge in [0, 0.05) is 32.7 Å². The average Bonchev–Trinajstić information content (AvgIpc) is 1.92. The molecule has 3 aliphatic rings. The van der Waals surface area contributed by atoms with Crippen molar-refractivity contribution < 1.29 is 32.7 Å². The van der Waals surface area contributed by atoms with E-state index in [-0.39, 0.29) is 32.7 Å². The third-order valence-corrected chi connectivity index (χ3v) is 2.34. The molecule has 3 heterocycles. The molecule has 2 bridgehead atoms. The fourth-order valence-corrected chi connectivity index (χ4v) is 1.66. The van der Waals surface area contributed by atoms with E-state index in [1.54, 1.807) is 0 Å². The molecule has 0 saturated carbocycles. The number of hydrogen-bond donors (Lipinski definition) is 0. The van der Waals surface area contributed by atoms with Crippen molar-refractivity contribution in [1.82, 2.24) is 4.90 Å². The third-order valence-electron chi connectivity index (χ3n) is 2.34. The molecule has 1 nitrogen and oxygen atoms in total. The number of hydrogen-bond acceptors (Lipinski definition) is 1. The van der Waals surface area contributed by atoms with E-state index in [4.69, 9.17) is 0 Å². The third kappa shape index (κ3) is 1.75. The van der Waals surface area contributed by atoms with E-state index < -0.39 is 0 Å². The first-order chi connectivity index (χ1) is 3.95. The molecule has 0 atom stereocenters. The van der Waals surface area contributed by atoms with Gasteiger partial charge in [-0.2, -0.15) is 19.3 Å². The topological polar surface area (TPSA) is 3.24 Å². The van der Waals surface area contributed by atoms with Gasteiger partial charge in [0.15, 0.2) is 0 Å². The molecule has 0 spiro atoms. The molecule has 0 amide bonds. The number of nitrogens with zero attached hydrogens (tertiary/aromatic N) is 1. The molecule has 3 aliphatic heterocycles. The van der Waals surface area contributed by atoms with Crippen LogP contribution in [-0.2, 0) is 32.7 Å². The summed E-state index contributed by atoms with van der Waals surface area (Å²) in [7, 11) is 0. The molecular weight excluding hydrogens is 187 g/mol. The second-order valence-electron chi connectivity index (χ2n) is 2.84. The smallest absolute Gasteiger partial charge is 0 e. The summed E-state index contributed by atoms with van der Waals surface area (Å²) >= 11 is 0. The molecule has 0 aliphatic carbocycles. The van der Waals surface area contributed by atoms with Crippen LogP contribution in [-0.4, -0.2) is 24.5 Å². The van der Waals surface area contributed by atoms with Gasteiger partial charge in [-0.25, -0.2) is 0 Å². The monoisotopic (exact) mass is 199 g/mol. The van der Waals surface area contributed by atoms with Gasteiger partial charge in [0.2, 0.25) is 0 Å². The van der Waals surface area contributed by atoms with Crippen LogP contribution in [0, 0.1) is 5.92 Å². The number of fused-ring (bicyclic) bond motifs is 3. The van der Waals surface area contributed by atoms with Gasteiger partial charge in [-0.05, 0) is 19.6 Å². The number of rotatable bonds is 0. The van der Waals surface area contributed by atoms with Crippen molar-refractivity contribution in [1.29, 1.82) is 0 Å². The maximum absolute atomic E-state index is 2.56. The fourth-order valence-electron chi connectivity index (χ4n) is 1.66. The van der Waals surface area contributed by atoms with Crippen LogP contribution < -0.4 is 0 Å². The summed E-state index contributed by atoms with van der Waals surface area (Å²) in [5.74, 6) is 1.83. The van der Waals surface area contributed by atoms with Crippen LogP contribution in [0.1, 0.15) is 19.3 Å². The Morgan fingerprint density at radius 3 is 1.44 bits per heavy atom. The Kier molecular flexibility index (Phi) is 3.13. The van der Waals surface area contributed by atoms with E-state index in [0.717, 1.165) is 0 Å². The Morgan fingerprint density at radius 1 is 0.889 bits per heavy atom. The van der Waals surface area contributed by atoms with Crippen molar-refractivity contribution in [3.05, 3.63) is 5.92 Å². The molecule has 3 saturated heterocycles. The maximum Gasteiger partial charge on any atom is 0 e. The first-order valence-electron chi connectivity index (χ1n) is 3.51. The van der Waals surface area contributed by atoms with Crippen molar-refractivity contribution in [2.24, 2.45) is 0 Å². The molecule has 3 rings (SSSR count). The van der Waals surface area contributed by atoms with E-state index >= 15 is 0 Å². The zero-order valence-corrected chi connectivity index (χ0v) is 8.61. The van der Waals surface area contributed by atoms with E-state index in [2.05, 4.69) is 4.90 Å². The van der Waals surface area contributed by atoms with Gasteiger partial charge in [-0.1, -0.05) is 0 Å². The van der Waals surface area contributed by atoms with Gasteiger partial charge in [-0.3, -0.25) is 0 Å². The number of piperidine rings is 3. The van der Waals surface area contributed by atoms with Gasteiger partial charge in [-0.15, -0.1) is 0 Å². The summed E-state index contributed by atoms with van der Waals surface area (Å²) in [4.78, 5) is 2.56. The first-order valence-corrected chi connectivity index (χ1v) is 3.51. The van der Waals surface area contributed by atoms with Crippen LogP contribution in [0.2, 0.25) is 0 Å². The molecular formula is C7H12NY-. The van der Waals surface area contributed by atoms with E-state index in [1.165, 1.54) is 38.9 Å². The van der Waals surface area contributed by atoms with Crippen molar-refractivity contribution in [3.63, 3.8) is 0 Å². The molecule has 2 heteroatoms. The van der Waals surface area contributed by atoms with Gasteiger partial charge in [0.25, 0.3) is 0 Å². The second-order valence-corrected chi connectivity index (χ2v) is 2.84. The Bertz CT molecular complexity index is 63.9. The van der Waals surface area contributed by atoms with Crippen LogP contribution in [0.15, 0.2) is 0 Å². The van der Waals surface area contributed by atoms with Gasteiger partial charge in [0.05, 0.1) is 0 Å². The molecule has 0 aromatic heterocycles. The van der Waals surface area contributed by atoms with Crippen molar-refractivity contribution in [2.45, 2.75) is 19.3 Å². The quantitative estimate of drug-likeness (QED) is 0.527. The molecule has 1 radical (unpaired) electrons. The zero-order valence-electron chi connectivity index (χ0n) is 5.77. The van der Waals surface area contributed by atoms with Crippen LogP contribution >= 0.6 is 0 Å². The van der Waals surface area contributed by atoms with E-state index in [0.29, 0.717) is 0 Å². The summed E-state index contributed by atoms with van der Waals surface area (Å²) in [6.45, 7) is 4.07. The van der Waals surface area contributed by atoms with Crippen LogP contribution in [0.5, 0.6) is 0 Å². The molecule has 0 aromatic rings. The Labute approximate surface area is 82.1 Å². The van der Waals surface area contributed by atoms with E-state index in [9.17, 15) is 0 Å². The Balaban J connectivity index is 0.000000405. The average molecular weight is 199 g/mol. The predicted molar refractivity (Wildman–Crippen MR) is 33.5 cm³/mol. The maximum atomic E-state index is 2.56. The minimum absolute atomic E-state index is 0. The Morgan fingerprint density at radius 2 is 1.33 bits per heavy atom. The minimum Gasteiger partial charge on any atom is -0.311 e. The van der Waals surface area contributed by atoms with Gasteiger partial charge >= 0.3 is 0 Å².